The van der Waals surface area contributed by atoms with E-state index in [0.29, 0.717) is 13.1 Å². The number of halogens is 1. The highest BCUT2D eigenvalue weighted by atomic mass is 31.0. The lowest BCUT2D eigenvalue weighted by molar-refractivity contribution is 0.232. The molecule has 0 spiro atoms. The number of fused-ring (bicyclic) bond motifs is 1. The first kappa shape index (κ1) is 11.7. The second-order valence-corrected chi connectivity index (χ2v) is 5.64. The van der Waals surface area contributed by atoms with Crippen molar-refractivity contribution in [2.24, 2.45) is 0 Å². The van der Waals surface area contributed by atoms with E-state index in [2.05, 4.69) is 14.2 Å². The average molecular weight is 264 g/mol. The van der Waals surface area contributed by atoms with Gasteiger partial charge in [0.05, 0.1) is 25.7 Å². The van der Waals surface area contributed by atoms with Crippen LogP contribution in [-0.2, 0) is 0 Å². The molecule has 0 N–H and O–H groups in total. The Morgan fingerprint density at radius 2 is 2.17 bits per heavy atom. The van der Waals surface area contributed by atoms with E-state index in [0.717, 1.165) is 22.3 Å². The third-order valence-electron chi connectivity index (χ3n) is 3.18. The highest BCUT2D eigenvalue weighted by Crippen LogP contribution is 2.37. The summed E-state index contributed by atoms with van der Waals surface area (Å²) in [6.45, 7) is 0.817. The van der Waals surface area contributed by atoms with Crippen molar-refractivity contribution < 1.29 is 9.13 Å². The van der Waals surface area contributed by atoms with Crippen molar-refractivity contribution >= 4 is 25.8 Å². The zero-order valence-corrected chi connectivity index (χ0v) is 11.2. The minimum Gasteiger partial charge on any atom is -0.496 e. The van der Waals surface area contributed by atoms with Gasteiger partial charge in [-0.1, -0.05) is 9.24 Å². The van der Waals surface area contributed by atoms with Crippen LogP contribution in [0, 0.1) is 0 Å². The van der Waals surface area contributed by atoms with E-state index in [1.165, 1.54) is 0 Å². The number of hydrogen-bond donors (Lipinski definition) is 0. The maximum absolute atomic E-state index is 13.5. The molecule has 1 aliphatic rings. The van der Waals surface area contributed by atoms with Crippen LogP contribution in [0.15, 0.2) is 30.5 Å². The van der Waals surface area contributed by atoms with Gasteiger partial charge in [0, 0.05) is 17.3 Å². The third-order valence-corrected chi connectivity index (χ3v) is 3.54. The Bertz CT molecular complexity index is 595. The van der Waals surface area contributed by atoms with Crippen LogP contribution in [-0.4, -0.2) is 30.6 Å². The first-order valence-electron chi connectivity index (χ1n) is 5.75. The van der Waals surface area contributed by atoms with E-state index in [1.54, 1.807) is 13.3 Å². The van der Waals surface area contributed by atoms with Gasteiger partial charge in [-0.15, -0.1) is 0 Å². The van der Waals surface area contributed by atoms with Crippen LogP contribution in [0.4, 0.5) is 10.1 Å². The molecule has 3 nitrogen and oxygen atoms in total. The molecular weight excluding hydrogens is 250 g/mol. The molecule has 0 radical (unpaired) electrons. The van der Waals surface area contributed by atoms with Gasteiger partial charge in [0.15, 0.2) is 5.41 Å². The van der Waals surface area contributed by atoms with Crippen molar-refractivity contribution in [3.63, 3.8) is 0 Å². The van der Waals surface area contributed by atoms with Crippen LogP contribution in [0.5, 0.6) is 5.75 Å². The molecule has 2 aromatic rings. The van der Waals surface area contributed by atoms with Gasteiger partial charge >= 0.3 is 0 Å². The average Bonchev–Trinajstić information content (AvgIpc) is 2.34. The van der Waals surface area contributed by atoms with Crippen molar-refractivity contribution in [2.45, 2.75) is 5.41 Å². The lowest BCUT2D eigenvalue weighted by Gasteiger charge is -2.43. The van der Waals surface area contributed by atoms with Crippen LogP contribution in [0.3, 0.4) is 0 Å². The lowest BCUT2D eigenvalue weighted by atomic mass is 10.1. The van der Waals surface area contributed by atoms with Crippen LogP contribution in [0.2, 0.25) is 0 Å². The fourth-order valence-electron chi connectivity index (χ4n) is 2.25. The van der Waals surface area contributed by atoms with E-state index in [4.69, 9.17) is 4.74 Å². The Hall–Kier alpha value is -1.41. The van der Waals surface area contributed by atoms with E-state index < -0.39 is 5.41 Å². The summed E-state index contributed by atoms with van der Waals surface area (Å²) in [5.41, 5.74) is 1.89. The highest BCUT2D eigenvalue weighted by molar-refractivity contribution is 7.19. The topological polar surface area (TPSA) is 25.4 Å². The van der Waals surface area contributed by atoms with E-state index in [-0.39, 0.29) is 0 Å². The monoisotopic (exact) mass is 264 g/mol. The lowest BCUT2D eigenvalue weighted by Crippen LogP contribution is -2.55. The van der Waals surface area contributed by atoms with Gasteiger partial charge in [-0.25, -0.2) is 4.39 Å². The number of pyridine rings is 1. The summed E-state index contributed by atoms with van der Waals surface area (Å²) in [5, 5.41) is -0.189. The van der Waals surface area contributed by atoms with Crippen LogP contribution >= 0.6 is 9.24 Å². The SMILES string of the molecule is COc1ccnc2ccc(N3CC(F)(P)C3)cc12. The van der Waals surface area contributed by atoms with Gasteiger partial charge < -0.3 is 9.64 Å². The minimum absolute atomic E-state index is 0.408. The molecule has 0 aliphatic carbocycles. The zero-order chi connectivity index (χ0) is 12.8. The molecular formula is C13H14FN2OP. The number of rotatable bonds is 2. The number of aromatic nitrogens is 1. The molecule has 18 heavy (non-hydrogen) atoms. The molecule has 1 atom stereocenters. The maximum atomic E-state index is 13.5. The van der Waals surface area contributed by atoms with Crippen molar-refractivity contribution in [1.82, 2.24) is 4.98 Å². The van der Waals surface area contributed by atoms with Crippen LogP contribution in [0.25, 0.3) is 10.9 Å². The zero-order valence-electron chi connectivity index (χ0n) is 10.1. The molecule has 1 aromatic carbocycles. The molecule has 94 valence electrons. The number of hydrogen-bond acceptors (Lipinski definition) is 3. The van der Waals surface area contributed by atoms with Gasteiger partial charge in [-0.3, -0.25) is 4.98 Å². The number of benzene rings is 1. The third kappa shape index (κ3) is 1.91. The number of ether oxygens (including phenoxy) is 1. The molecule has 1 saturated heterocycles. The molecule has 3 rings (SSSR count). The molecule has 1 aromatic heterocycles. The molecule has 2 heterocycles. The Morgan fingerprint density at radius 1 is 1.39 bits per heavy atom. The normalized spacial score (nSPS) is 17.6. The van der Waals surface area contributed by atoms with Gasteiger partial charge in [0.2, 0.25) is 0 Å². The Kier molecular flexibility index (Phi) is 2.63. The fourth-order valence-corrected chi connectivity index (χ4v) is 2.70. The fraction of sp³-hybridized carbons (Fsp3) is 0.308. The summed E-state index contributed by atoms with van der Waals surface area (Å²) in [6.07, 6.45) is 1.72. The standard InChI is InChI=1S/C13H14FN2OP/c1-17-12-4-5-15-11-3-2-9(6-10(11)12)16-7-13(14,18)8-16/h2-6H,7-8,18H2,1H3. The second kappa shape index (κ2) is 4.06. The smallest absolute Gasteiger partial charge is 0.158 e. The van der Waals surface area contributed by atoms with Gasteiger partial charge in [-0.2, -0.15) is 0 Å². The number of nitrogens with zero attached hydrogens (tertiary/aromatic N) is 2. The molecule has 0 amide bonds. The Morgan fingerprint density at radius 3 is 2.83 bits per heavy atom. The Balaban J connectivity index is 2.00. The molecule has 5 heteroatoms. The largest absolute Gasteiger partial charge is 0.496 e. The van der Waals surface area contributed by atoms with Crippen molar-refractivity contribution in [3.8, 4) is 5.75 Å². The first-order valence-corrected chi connectivity index (χ1v) is 6.32. The minimum atomic E-state index is -1.14. The summed E-state index contributed by atoms with van der Waals surface area (Å²) in [6, 6.07) is 7.74. The van der Waals surface area contributed by atoms with Crippen molar-refractivity contribution in [3.05, 3.63) is 30.5 Å². The summed E-state index contributed by atoms with van der Waals surface area (Å²) in [4.78, 5) is 6.28. The van der Waals surface area contributed by atoms with Gasteiger partial charge in [-0.05, 0) is 24.3 Å². The predicted molar refractivity (Wildman–Crippen MR) is 74.1 cm³/mol. The van der Waals surface area contributed by atoms with Crippen molar-refractivity contribution in [1.29, 1.82) is 0 Å². The van der Waals surface area contributed by atoms with Gasteiger partial charge in [0.25, 0.3) is 0 Å². The van der Waals surface area contributed by atoms with Crippen molar-refractivity contribution in [2.75, 3.05) is 25.1 Å². The summed E-state index contributed by atoms with van der Waals surface area (Å²) in [5.74, 6) is 0.791. The molecule has 1 fully saturated rings. The van der Waals surface area contributed by atoms with E-state index >= 15 is 0 Å². The summed E-state index contributed by atoms with van der Waals surface area (Å²) in [7, 11) is 3.89. The van der Waals surface area contributed by atoms with Gasteiger partial charge in [0.1, 0.15) is 5.75 Å². The quantitative estimate of drug-likeness (QED) is 0.780. The highest BCUT2D eigenvalue weighted by Gasteiger charge is 2.39. The summed E-state index contributed by atoms with van der Waals surface area (Å²) >= 11 is 0. The second-order valence-electron chi connectivity index (χ2n) is 4.61. The molecule has 1 unspecified atom stereocenters. The molecule has 0 saturated carbocycles. The van der Waals surface area contributed by atoms with Crippen LogP contribution in [0.1, 0.15) is 0 Å². The molecule has 1 aliphatic heterocycles. The van der Waals surface area contributed by atoms with E-state index in [9.17, 15) is 4.39 Å². The Labute approximate surface area is 107 Å². The maximum Gasteiger partial charge on any atom is 0.158 e. The first-order chi connectivity index (χ1) is 8.59. The predicted octanol–water partition coefficient (Wildman–Crippen LogP) is 2.60. The summed E-state index contributed by atoms with van der Waals surface area (Å²) < 4.78 is 18.8. The molecule has 0 bridgehead atoms. The number of methoxy groups -OCH3 is 1. The number of anilines is 1. The van der Waals surface area contributed by atoms with E-state index in [1.807, 2.05) is 29.2 Å². The number of alkyl halides is 1. The van der Waals surface area contributed by atoms with Crippen LogP contribution < -0.4 is 9.64 Å².